The molecule has 1 aliphatic carbocycles. The normalized spacial score (nSPS) is 24.5. The molecule has 0 radical (unpaired) electrons. The van der Waals surface area contributed by atoms with Crippen LogP contribution in [-0.2, 0) is 6.54 Å². The molecule has 0 bridgehead atoms. The average molecular weight is 223 g/mol. The Bertz CT molecular complexity index is 350. The van der Waals surface area contributed by atoms with Crippen LogP contribution in [0.3, 0.4) is 0 Å². The van der Waals surface area contributed by atoms with Crippen molar-refractivity contribution in [2.75, 3.05) is 13.6 Å². The molecule has 3 heteroatoms. The molecule has 0 atom stereocenters. The topological polar surface area (TPSA) is 23.5 Å². The molecular weight excluding hydrogens is 205 g/mol. The largest absolute Gasteiger partial charge is 0.393 e. The molecule has 0 amide bonds. The second-order valence-corrected chi connectivity index (χ2v) is 4.78. The zero-order valence-corrected chi connectivity index (χ0v) is 9.56. The van der Waals surface area contributed by atoms with E-state index in [1.165, 1.54) is 6.07 Å². The maximum Gasteiger partial charge on any atom is 0.127 e. The van der Waals surface area contributed by atoms with Crippen LogP contribution in [0, 0.1) is 11.7 Å². The van der Waals surface area contributed by atoms with Crippen LogP contribution >= 0.6 is 0 Å². The number of hydrogen-bond acceptors (Lipinski definition) is 2. The maximum atomic E-state index is 13.4. The fraction of sp³-hybridized carbons (Fsp3) is 0.538. The number of nitrogens with zero attached hydrogens (tertiary/aromatic N) is 1. The summed E-state index contributed by atoms with van der Waals surface area (Å²) in [7, 11) is 2.00. The van der Waals surface area contributed by atoms with Crippen molar-refractivity contribution < 1.29 is 9.50 Å². The van der Waals surface area contributed by atoms with Gasteiger partial charge in [0.05, 0.1) is 6.10 Å². The second-order valence-electron chi connectivity index (χ2n) is 4.78. The molecule has 1 aromatic rings. The number of hydrogen-bond donors (Lipinski definition) is 1. The van der Waals surface area contributed by atoms with Crippen LogP contribution in [0.15, 0.2) is 24.3 Å². The zero-order chi connectivity index (χ0) is 11.5. The minimum atomic E-state index is -0.136. The van der Waals surface area contributed by atoms with Gasteiger partial charge in [0.1, 0.15) is 5.82 Å². The number of rotatable bonds is 4. The summed E-state index contributed by atoms with van der Waals surface area (Å²) < 4.78 is 13.4. The molecule has 0 heterocycles. The maximum absolute atomic E-state index is 13.4. The number of aliphatic hydroxyl groups excluding tert-OH is 1. The van der Waals surface area contributed by atoms with Crippen molar-refractivity contribution in [1.82, 2.24) is 4.90 Å². The van der Waals surface area contributed by atoms with Crippen molar-refractivity contribution >= 4 is 0 Å². The first-order valence-corrected chi connectivity index (χ1v) is 5.75. The first-order chi connectivity index (χ1) is 7.65. The van der Waals surface area contributed by atoms with Gasteiger partial charge in [-0.3, -0.25) is 0 Å². The third-order valence-electron chi connectivity index (χ3n) is 3.18. The first-order valence-electron chi connectivity index (χ1n) is 5.75. The molecule has 2 rings (SSSR count). The smallest absolute Gasteiger partial charge is 0.127 e. The lowest BCUT2D eigenvalue weighted by molar-refractivity contribution is 0.0272. The SMILES string of the molecule is CN(Cc1ccccc1F)CC1CC(O)C1. The van der Waals surface area contributed by atoms with Crippen LogP contribution in [0.25, 0.3) is 0 Å². The number of aliphatic hydroxyl groups is 1. The number of halogens is 1. The lowest BCUT2D eigenvalue weighted by Gasteiger charge is -2.34. The minimum Gasteiger partial charge on any atom is -0.393 e. The van der Waals surface area contributed by atoms with Crippen LogP contribution < -0.4 is 0 Å². The van der Waals surface area contributed by atoms with Crippen molar-refractivity contribution in [3.05, 3.63) is 35.6 Å². The quantitative estimate of drug-likeness (QED) is 0.844. The van der Waals surface area contributed by atoms with Crippen LogP contribution in [-0.4, -0.2) is 29.7 Å². The van der Waals surface area contributed by atoms with Gasteiger partial charge in [0.15, 0.2) is 0 Å². The third kappa shape index (κ3) is 2.80. The standard InChI is InChI=1S/C13H18FNO/c1-15(8-10-6-12(16)7-10)9-11-4-2-3-5-13(11)14/h2-5,10,12,16H,6-9H2,1H3. The van der Waals surface area contributed by atoms with Gasteiger partial charge < -0.3 is 10.0 Å². The summed E-state index contributed by atoms with van der Waals surface area (Å²) in [6, 6.07) is 6.89. The molecule has 2 nitrogen and oxygen atoms in total. The Labute approximate surface area is 95.7 Å². The van der Waals surface area contributed by atoms with Crippen molar-refractivity contribution in [3.63, 3.8) is 0 Å². The predicted molar refractivity (Wildman–Crippen MR) is 61.5 cm³/mol. The lowest BCUT2D eigenvalue weighted by Crippen LogP contribution is -2.36. The average Bonchev–Trinajstić information content (AvgIpc) is 2.19. The van der Waals surface area contributed by atoms with E-state index in [4.69, 9.17) is 0 Å². The van der Waals surface area contributed by atoms with Crippen LogP contribution in [0.2, 0.25) is 0 Å². The molecule has 0 spiro atoms. The minimum absolute atomic E-state index is 0.105. The van der Waals surface area contributed by atoms with Crippen LogP contribution in [0.4, 0.5) is 4.39 Å². The van der Waals surface area contributed by atoms with Gasteiger partial charge in [-0.05, 0) is 31.9 Å². The summed E-state index contributed by atoms with van der Waals surface area (Å²) in [5.74, 6) is 0.440. The zero-order valence-electron chi connectivity index (χ0n) is 9.56. The molecule has 1 fully saturated rings. The third-order valence-corrected chi connectivity index (χ3v) is 3.18. The van der Waals surface area contributed by atoms with Crippen molar-refractivity contribution in [1.29, 1.82) is 0 Å². The van der Waals surface area contributed by atoms with E-state index in [0.717, 1.165) is 24.9 Å². The summed E-state index contributed by atoms with van der Waals surface area (Å²) in [4.78, 5) is 2.12. The Kier molecular flexibility index (Phi) is 3.56. The highest BCUT2D eigenvalue weighted by molar-refractivity contribution is 5.16. The molecule has 1 aromatic carbocycles. The Morgan fingerprint density at radius 1 is 1.38 bits per heavy atom. The summed E-state index contributed by atoms with van der Waals surface area (Å²) in [6.45, 7) is 1.57. The Morgan fingerprint density at radius 2 is 2.06 bits per heavy atom. The van der Waals surface area contributed by atoms with E-state index in [9.17, 15) is 9.50 Å². The second kappa shape index (κ2) is 4.93. The van der Waals surface area contributed by atoms with Gasteiger partial charge in [0.2, 0.25) is 0 Å². The van der Waals surface area contributed by atoms with Crippen molar-refractivity contribution in [3.8, 4) is 0 Å². The fourth-order valence-corrected chi connectivity index (χ4v) is 2.27. The molecule has 1 aliphatic rings. The van der Waals surface area contributed by atoms with Crippen LogP contribution in [0.5, 0.6) is 0 Å². The summed E-state index contributed by atoms with van der Waals surface area (Å²) in [5, 5.41) is 9.19. The van der Waals surface area contributed by atoms with Gasteiger partial charge in [-0.2, -0.15) is 0 Å². The van der Waals surface area contributed by atoms with E-state index in [1.807, 2.05) is 19.2 Å². The van der Waals surface area contributed by atoms with Crippen molar-refractivity contribution in [2.45, 2.75) is 25.5 Å². The van der Waals surface area contributed by atoms with E-state index in [2.05, 4.69) is 4.90 Å². The molecule has 0 saturated heterocycles. The fourth-order valence-electron chi connectivity index (χ4n) is 2.27. The van der Waals surface area contributed by atoms with Gasteiger partial charge in [0.25, 0.3) is 0 Å². The van der Waals surface area contributed by atoms with E-state index in [-0.39, 0.29) is 11.9 Å². The van der Waals surface area contributed by atoms with Crippen LogP contribution in [0.1, 0.15) is 18.4 Å². The first kappa shape index (κ1) is 11.6. The Hall–Kier alpha value is -0.930. The summed E-state index contributed by atoms with van der Waals surface area (Å²) >= 11 is 0. The summed E-state index contributed by atoms with van der Waals surface area (Å²) in [5.41, 5.74) is 0.741. The highest BCUT2D eigenvalue weighted by Gasteiger charge is 2.27. The van der Waals surface area contributed by atoms with Gasteiger partial charge >= 0.3 is 0 Å². The van der Waals surface area contributed by atoms with E-state index < -0.39 is 0 Å². The van der Waals surface area contributed by atoms with Gasteiger partial charge in [-0.15, -0.1) is 0 Å². The Balaban J connectivity index is 1.83. The molecular formula is C13H18FNO. The van der Waals surface area contributed by atoms with E-state index >= 15 is 0 Å². The lowest BCUT2D eigenvalue weighted by atomic mass is 9.82. The molecule has 0 aromatic heterocycles. The molecule has 0 aliphatic heterocycles. The molecule has 1 N–H and O–H groups in total. The number of benzene rings is 1. The Morgan fingerprint density at radius 3 is 2.69 bits per heavy atom. The van der Waals surface area contributed by atoms with Gasteiger partial charge in [-0.1, -0.05) is 18.2 Å². The predicted octanol–water partition coefficient (Wildman–Crippen LogP) is 2.03. The summed E-state index contributed by atoms with van der Waals surface area (Å²) in [6.07, 6.45) is 1.68. The monoisotopic (exact) mass is 223 g/mol. The van der Waals surface area contributed by atoms with E-state index in [1.54, 1.807) is 6.07 Å². The molecule has 16 heavy (non-hydrogen) atoms. The van der Waals surface area contributed by atoms with Gasteiger partial charge in [0, 0.05) is 18.7 Å². The molecule has 0 unspecified atom stereocenters. The molecule has 88 valence electrons. The highest BCUT2D eigenvalue weighted by Crippen LogP contribution is 2.27. The van der Waals surface area contributed by atoms with E-state index in [0.29, 0.717) is 12.5 Å². The molecule has 1 saturated carbocycles. The van der Waals surface area contributed by atoms with Gasteiger partial charge in [-0.25, -0.2) is 4.39 Å². The van der Waals surface area contributed by atoms with Crippen molar-refractivity contribution in [2.24, 2.45) is 5.92 Å². The highest BCUT2D eigenvalue weighted by atomic mass is 19.1.